The van der Waals surface area contributed by atoms with Crippen LogP contribution in [0.25, 0.3) is 0 Å². The lowest BCUT2D eigenvalue weighted by molar-refractivity contribution is 0.00765. The van der Waals surface area contributed by atoms with E-state index >= 15 is 0 Å². The first-order valence-corrected chi connectivity index (χ1v) is 5.64. The van der Waals surface area contributed by atoms with Crippen molar-refractivity contribution < 1.29 is 14.6 Å². The highest BCUT2D eigenvalue weighted by Gasteiger charge is 2.35. The summed E-state index contributed by atoms with van der Waals surface area (Å²) in [5.74, 6) is 0. The number of ether oxygens (including phenoxy) is 2. The Hall–Kier alpha value is -0.160. The Kier molecular flexibility index (Phi) is 5.53. The van der Waals surface area contributed by atoms with E-state index in [-0.39, 0.29) is 18.2 Å². The van der Waals surface area contributed by atoms with Gasteiger partial charge in [-0.25, -0.2) is 0 Å². The molecule has 2 unspecified atom stereocenters. The second-order valence-electron chi connectivity index (χ2n) is 4.31. The summed E-state index contributed by atoms with van der Waals surface area (Å²) in [4.78, 5) is 0. The van der Waals surface area contributed by atoms with Crippen molar-refractivity contribution in [3.8, 4) is 0 Å². The van der Waals surface area contributed by atoms with E-state index in [1.165, 1.54) is 0 Å². The maximum atomic E-state index is 9.50. The van der Waals surface area contributed by atoms with Crippen LogP contribution >= 0.6 is 0 Å². The first kappa shape index (κ1) is 12.9. The molecule has 0 saturated heterocycles. The number of nitrogens with one attached hydrogen (secondary N) is 1. The van der Waals surface area contributed by atoms with E-state index in [2.05, 4.69) is 5.32 Å². The molecule has 0 aromatic rings. The van der Waals surface area contributed by atoms with Gasteiger partial charge in [-0.05, 0) is 25.7 Å². The third-order valence-corrected chi connectivity index (χ3v) is 3.24. The summed E-state index contributed by atoms with van der Waals surface area (Å²) < 4.78 is 10.4. The molecule has 1 saturated carbocycles. The molecule has 90 valence electrons. The molecule has 0 spiro atoms. The molecule has 1 aliphatic rings. The summed E-state index contributed by atoms with van der Waals surface area (Å²) in [5.41, 5.74) is -0.155. The van der Waals surface area contributed by atoms with Crippen LogP contribution in [0.3, 0.4) is 0 Å². The van der Waals surface area contributed by atoms with Gasteiger partial charge in [0.2, 0.25) is 0 Å². The molecule has 0 aromatic carbocycles. The monoisotopic (exact) mass is 217 g/mol. The minimum absolute atomic E-state index is 0.155. The summed E-state index contributed by atoms with van der Waals surface area (Å²) in [6.07, 6.45) is 4.40. The fourth-order valence-corrected chi connectivity index (χ4v) is 2.29. The smallest absolute Gasteiger partial charge is 0.0614 e. The zero-order chi connectivity index (χ0) is 11.1. The molecule has 1 rings (SSSR count). The van der Waals surface area contributed by atoms with E-state index < -0.39 is 0 Å². The first-order valence-electron chi connectivity index (χ1n) is 5.64. The van der Waals surface area contributed by atoms with Crippen molar-refractivity contribution in [1.29, 1.82) is 0 Å². The van der Waals surface area contributed by atoms with Crippen LogP contribution in [0.1, 0.15) is 25.7 Å². The van der Waals surface area contributed by atoms with Crippen molar-refractivity contribution >= 4 is 0 Å². The Balaban J connectivity index is 2.43. The number of aliphatic hydroxyl groups is 1. The third-order valence-electron chi connectivity index (χ3n) is 3.24. The Morgan fingerprint density at radius 1 is 1.47 bits per heavy atom. The van der Waals surface area contributed by atoms with Gasteiger partial charge in [0.05, 0.1) is 19.3 Å². The Labute approximate surface area is 92.0 Å². The molecule has 0 bridgehead atoms. The lowest BCUT2D eigenvalue weighted by Crippen LogP contribution is -2.53. The summed E-state index contributed by atoms with van der Waals surface area (Å²) >= 11 is 0. The fraction of sp³-hybridized carbons (Fsp3) is 1.00. The Morgan fingerprint density at radius 2 is 2.27 bits per heavy atom. The molecule has 15 heavy (non-hydrogen) atoms. The molecule has 4 nitrogen and oxygen atoms in total. The number of hydrogen-bond acceptors (Lipinski definition) is 4. The minimum Gasteiger partial charge on any atom is -0.394 e. The number of aliphatic hydroxyl groups excluding tert-OH is 1. The Bertz CT molecular complexity index is 177. The van der Waals surface area contributed by atoms with Crippen molar-refractivity contribution in [3.05, 3.63) is 0 Å². The normalized spacial score (nSPS) is 31.8. The van der Waals surface area contributed by atoms with Gasteiger partial charge in [-0.3, -0.25) is 0 Å². The predicted molar refractivity (Wildman–Crippen MR) is 59.0 cm³/mol. The van der Waals surface area contributed by atoms with Gasteiger partial charge in [0.25, 0.3) is 0 Å². The zero-order valence-electron chi connectivity index (χ0n) is 9.79. The molecule has 0 amide bonds. The molecule has 0 aliphatic heterocycles. The summed E-state index contributed by atoms with van der Waals surface area (Å²) in [5, 5.41) is 12.9. The highest BCUT2D eigenvalue weighted by Crippen LogP contribution is 2.29. The van der Waals surface area contributed by atoms with Crippen molar-refractivity contribution in [1.82, 2.24) is 5.32 Å². The highest BCUT2D eigenvalue weighted by molar-refractivity contribution is 4.93. The molecule has 0 radical (unpaired) electrons. The fourth-order valence-electron chi connectivity index (χ4n) is 2.29. The lowest BCUT2D eigenvalue weighted by atomic mass is 9.80. The van der Waals surface area contributed by atoms with E-state index in [4.69, 9.17) is 9.47 Å². The van der Waals surface area contributed by atoms with Crippen LogP contribution in [0.4, 0.5) is 0 Å². The average Bonchev–Trinajstić information content (AvgIpc) is 2.30. The van der Waals surface area contributed by atoms with E-state index in [0.29, 0.717) is 6.61 Å². The van der Waals surface area contributed by atoms with Gasteiger partial charge in [-0.1, -0.05) is 0 Å². The van der Waals surface area contributed by atoms with Gasteiger partial charge in [-0.15, -0.1) is 0 Å². The topological polar surface area (TPSA) is 50.7 Å². The van der Waals surface area contributed by atoms with Crippen LogP contribution in [0, 0.1) is 0 Å². The molecule has 1 fully saturated rings. The molecular weight excluding hydrogens is 194 g/mol. The average molecular weight is 217 g/mol. The van der Waals surface area contributed by atoms with Crippen LogP contribution in [-0.4, -0.2) is 50.7 Å². The van der Waals surface area contributed by atoms with Crippen LogP contribution < -0.4 is 5.32 Å². The summed E-state index contributed by atoms with van der Waals surface area (Å²) in [6.45, 7) is 1.64. The largest absolute Gasteiger partial charge is 0.394 e. The van der Waals surface area contributed by atoms with Crippen molar-refractivity contribution in [3.63, 3.8) is 0 Å². The molecular formula is C11H23NO3. The van der Waals surface area contributed by atoms with Gasteiger partial charge in [0.15, 0.2) is 0 Å². The van der Waals surface area contributed by atoms with Crippen LogP contribution in [0.15, 0.2) is 0 Å². The van der Waals surface area contributed by atoms with E-state index in [1.54, 1.807) is 14.2 Å². The van der Waals surface area contributed by atoms with Crippen LogP contribution in [0.5, 0.6) is 0 Å². The van der Waals surface area contributed by atoms with Crippen LogP contribution in [-0.2, 0) is 9.47 Å². The van der Waals surface area contributed by atoms with E-state index in [9.17, 15) is 5.11 Å². The van der Waals surface area contributed by atoms with Gasteiger partial charge >= 0.3 is 0 Å². The number of rotatable bonds is 6. The number of methoxy groups -OCH3 is 2. The first-order chi connectivity index (χ1) is 7.26. The van der Waals surface area contributed by atoms with Gasteiger partial charge in [0.1, 0.15) is 0 Å². The van der Waals surface area contributed by atoms with Gasteiger partial charge in [0, 0.05) is 26.3 Å². The second kappa shape index (κ2) is 6.43. The quantitative estimate of drug-likeness (QED) is 0.638. The molecule has 1 aliphatic carbocycles. The lowest BCUT2D eigenvalue weighted by Gasteiger charge is -2.40. The molecule has 4 heteroatoms. The standard InChI is InChI=1S/C11H23NO3/c1-14-7-6-12-11(9-13)5-3-4-10(8-11)15-2/h10,12-13H,3-9H2,1-2H3. The second-order valence-corrected chi connectivity index (χ2v) is 4.31. The van der Waals surface area contributed by atoms with Crippen molar-refractivity contribution in [2.45, 2.75) is 37.3 Å². The molecule has 0 aromatic heterocycles. The zero-order valence-corrected chi connectivity index (χ0v) is 9.79. The van der Waals surface area contributed by atoms with Crippen LogP contribution in [0.2, 0.25) is 0 Å². The molecule has 2 atom stereocenters. The van der Waals surface area contributed by atoms with Gasteiger partial charge in [-0.2, -0.15) is 0 Å². The maximum Gasteiger partial charge on any atom is 0.0614 e. The molecule has 2 N–H and O–H groups in total. The summed E-state index contributed by atoms with van der Waals surface area (Å²) in [7, 11) is 3.43. The summed E-state index contributed by atoms with van der Waals surface area (Å²) in [6, 6.07) is 0. The predicted octanol–water partition coefficient (Wildman–Crippen LogP) is 0.542. The Morgan fingerprint density at radius 3 is 2.87 bits per heavy atom. The minimum atomic E-state index is -0.155. The van der Waals surface area contributed by atoms with E-state index in [0.717, 1.165) is 32.2 Å². The third kappa shape index (κ3) is 3.72. The van der Waals surface area contributed by atoms with Crippen molar-refractivity contribution in [2.24, 2.45) is 0 Å². The van der Waals surface area contributed by atoms with Gasteiger partial charge < -0.3 is 19.9 Å². The van der Waals surface area contributed by atoms with E-state index in [1.807, 2.05) is 0 Å². The highest BCUT2D eigenvalue weighted by atomic mass is 16.5. The number of hydrogen-bond donors (Lipinski definition) is 2. The SMILES string of the molecule is COCCNC1(CO)CCCC(OC)C1. The molecule has 0 heterocycles. The van der Waals surface area contributed by atoms with Crippen molar-refractivity contribution in [2.75, 3.05) is 34.0 Å². The maximum absolute atomic E-state index is 9.50.